The molecule has 38 heavy (non-hydrogen) atoms. The molecule has 1 amide bonds. The first-order valence-corrected chi connectivity index (χ1v) is 13.1. The van der Waals surface area contributed by atoms with Crippen LogP contribution in [0.5, 0.6) is 5.75 Å². The molecule has 5 heteroatoms. The zero-order chi connectivity index (χ0) is 26.3. The van der Waals surface area contributed by atoms with E-state index in [0.29, 0.717) is 19.6 Å². The van der Waals surface area contributed by atoms with Gasteiger partial charge in [-0.15, -0.1) is 0 Å². The maximum atomic E-state index is 13.3. The van der Waals surface area contributed by atoms with Crippen molar-refractivity contribution in [3.05, 3.63) is 131 Å². The predicted molar refractivity (Wildman–Crippen MR) is 152 cm³/mol. The third-order valence-electron chi connectivity index (χ3n) is 6.89. The molecule has 2 aromatic heterocycles. The summed E-state index contributed by atoms with van der Waals surface area (Å²) < 4.78 is 7.97. The van der Waals surface area contributed by atoms with Crippen molar-refractivity contribution in [1.29, 1.82) is 0 Å². The molecule has 5 rings (SSSR count). The molecule has 0 bridgehead atoms. The quantitative estimate of drug-likeness (QED) is 0.233. The molecule has 3 aromatic carbocycles. The Kier molecular flexibility index (Phi) is 7.84. The Balaban J connectivity index is 1.49. The van der Waals surface area contributed by atoms with Gasteiger partial charge in [-0.1, -0.05) is 60.2 Å². The maximum absolute atomic E-state index is 13.3. The Morgan fingerprint density at radius 2 is 1.66 bits per heavy atom. The average Bonchev–Trinajstić information content (AvgIpc) is 3.31. The first-order valence-electron chi connectivity index (χ1n) is 13.1. The van der Waals surface area contributed by atoms with Crippen molar-refractivity contribution in [2.75, 3.05) is 6.61 Å². The molecule has 0 fully saturated rings. The summed E-state index contributed by atoms with van der Waals surface area (Å²) in [7, 11) is 0. The van der Waals surface area contributed by atoms with Crippen molar-refractivity contribution in [3.8, 4) is 5.75 Å². The third-order valence-corrected chi connectivity index (χ3v) is 6.89. The van der Waals surface area contributed by atoms with Crippen LogP contribution >= 0.6 is 0 Å². The molecule has 0 aliphatic heterocycles. The van der Waals surface area contributed by atoms with Crippen molar-refractivity contribution in [3.63, 3.8) is 0 Å². The zero-order valence-corrected chi connectivity index (χ0v) is 21.9. The summed E-state index contributed by atoms with van der Waals surface area (Å²) in [4.78, 5) is 17.3. The number of aryl methyl sites for hydroxylation is 1. The number of benzene rings is 3. The molecule has 0 aliphatic carbocycles. The molecule has 0 radical (unpaired) electrons. The van der Waals surface area contributed by atoms with Gasteiger partial charge in [0.15, 0.2) is 0 Å². The number of hydrogen-bond donors (Lipinski definition) is 1. The highest BCUT2D eigenvalue weighted by Crippen LogP contribution is 2.36. The van der Waals surface area contributed by atoms with E-state index in [1.54, 1.807) is 12.4 Å². The van der Waals surface area contributed by atoms with Crippen LogP contribution in [0, 0.1) is 6.92 Å². The Bertz CT molecular complexity index is 1490. The summed E-state index contributed by atoms with van der Waals surface area (Å²) in [6.07, 6.45) is 6.06. The van der Waals surface area contributed by atoms with E-state index in [-0.39, 0.29) is 11.8 Å². The lowest BCUT2D eigenvalue weighted by Gasteiger charge is -2.18. The van der Waals surface area contributed by atoms with Crippen molar-refractivity contribution in [2.45, 2.75) is 39.3 Å². The van der Waals surface area contributed by atoms with Crippen LogP contribution in [0.25, 0.3) is 10.9 Å². The largest absolute Gasteiger partial charge is 0.494 e. The number of fused-ring (bicyclic) bond motifs is 1. The molecular weight excluding hydrogens is 470 g/mol. The van der Waals surface area contributed by atoms with E-state index in [4.69, 9.17) is 4.74 Å². The van der Waals surface area contributed by atoms with Crippen LogP contribution in [0.3, 0.4) is 0 Å². The summed E-state index contributed by atoms with van der Waals surface area (Å²) in [6, 6.07) is 29.1. The fraction of sp³-hybridized carbons (Fsp3) is 0.212. The van der Waals surface area contributed by atoms with Gasteiger partial charge in [0.2, 0.25) is 5.91 Å². The molecule has 0 spiro atoms. The average molecular weight is 504 g/mol. The number of pyridine rings is 1. The lowest BCUT2D eigenvalue weighted by Crippen LogP contribution is -2.25. The SMILES string of the molecule is CCOc1ccc(C(CC(=O)NCc2ccncc2)c2cn(Cc3ccc(C)cc3)c3ccccc23)cc1. The van der Waals surface area contributed by atoms with Crippen LogP contribution in [0.4, 0.5) is 0 Å². The number of ether oxygens (including phenoxy) is 1. The van der Waals surface area contributed by atoms with Crippen molar-refractivity contribution in [1.82, 2.24) is 14.9 Å². The molecule has 0 saturated carbocycles. The van der Waals surface area contributed by atoms with Gasteiger partial charge in [0.25, 0.3) is 0 Å². The Labute approximate surface area is 224 Å². The van der Waals surface area contributed by atoms with Crippen molar-refractivity contribution in [2.24, 2.45) is 0 Å². The second kappa shape index (κ2) is 11.8. The zero-order valence-electron chi connectivity index (χ0n) is 21.9. The molecule has 192 valence electrons. The molecule has 2 heterocycles. The number of para-hydroxylation sites is 1. The second-order valence-electron chi connectivity index (χ2n) is 9.61. The van der Waals surface area contributed by atoms with Gasteiger partial charge in [-0.3, -0.25) is 9.78 Å². The number of nitrogens with zero attached hydrogens (tertiary/aromatic N) is 2. The van der Waals surface area contributed by atoms with Gasteiger partial charge in [0.05, 0.1) is 6.61 Å². The lowest BCUT2D eigenvalue weighted by atomic mass is 9.88. The highest BCUT2D eigenvalue weighted by atomic mass is 16.5. The Morgan fingerprint density at radius 1 is 0.921 bits per heavy atom. The monoisotopic (exact) mass is 503 g/mol. The van der Waals surface area contributed by atoms with E-state index in [2.05, 4.69) is 88.7 Å². The molecular formula is C33H33N3O2. The number of aromatic nitrogens is 2. The Hall–Kier alpha value is -4.38. The summed E-state index contributed by atoms with van der Waals surface area (Å²) in [5.74, 6) is 0.738. The van der Waals surface area contributed by atoms with Crippen molar-refractivity contribution >= 4 is 16.8 Å². The van der Waals surface area contributed by atoms with E-state index in [9.17, 15) is 4.79 Å². The highest BCUT2D eigenvalue weighted by Gasteiger charge is 2.23. The van der Waals surface area contributed by atoms with Crippen LogP contribution in [0.2, 0.25) is 0 Å². The molecule has 5 nitrogen and oxygen atoms in total. The van der Waals surface area contributed by atoms with E-state index in [1.807, 2.05) is 31.2 Å². The second-order valence-corrected chi connectivity index (χ2v) is 9.61. The van der Waals surface area contributed by atoms with Gasteiger partial charge in [-0.05, 0) is 66.4 Å². The van der Waals surface area contributed by atoms with Crippen LogP contribution in [-0.4, -0.2) is 22.1 Å². The standard InChI is InChI=1S/C33H33N3O2/c1-3-38-28-14-12-27(13-15-28)30(20-33(37)35-21-25-16-18-34-19-17-25)31-23-36(32-7-5-4-6-29(31)32)22-26-10-8-24(2)9-11-26/h4-19,23,30H,3,20-22H2,1-2H3,(H,35,37). The van der Waals surface area contributed by atoms with E-state index in [1.165, 1.54) is 16.5 Å². The molecule has 1 N–H and O–H groups in total. The third kappa shape index (κ3) is 5.94. The summed E-state index contributed by atoms with van der Waals surface area (Å²) in [6.45, 7) is 5.95. The number of hydrogen-bond acceptors (Lipinski definition) is 3. The molecule has 1 atom stereocenters. The van der Waals surface area contributed by atoms with Crippen LogP contribution in [0.1, 0.15) is 47.1 Å². The number of carbonyl (C=O) groups is 1. The number of rotatable bonds is 10. The Morgan fingerprint density at radius 3 is 2.39 bits per heavy atom. The van der Waals surface area contributed by atoms with Gasteiger partial charge in [0.1, 0.15) is 5.75 Å². The van der Waals surface area contributed by atoms with Gasteiger partial charge in [-0.2, -0.15) is 0 Å². The number of amides is 1. The lowest BCUT2D eigenvalue weighted by molar-refractivity contribution is -0.121. The first-order chi connectivity index (χ1) is 18.6. The summed E-state index contributed by atoms with van der Waals surface area (Å²) in [5.41, 5.74) is 6.93. The van der Waals surface area contributed by atoms with Crippen LogP contribution in [0.15, 0.2) is 104 Å². The smallest absolute Gasteiger partial charge is 0.221 e. The van der Waals surface area contributed by atoms with Crippen LogP contribution < -0.4 is 10.1 Å². The molecule has 1 unspecified atom stereocenters. The summed E-state index contributed by atoms with van der Waals surface area (Å²) in [5, 5.41) is 4.27. The fourth-order valence-electron chi connectivity index (χ4n) is 4.90. The van der Waals surface area contributed by atoms with E-state index in [0.717, 1.165) is 34.5 Å². The minimum absolute atomic E-state index is 0.0102. The molecule has 5 aromatic rings. The van der Waals surface area contributed by atoms with Gasteiger partial charge in [-0.25, -0.2) is 0 Å². The molecule has 0 saturated heterocycles. The highest BCUT2D eigenvalue weighted by molar-refractivity contribution is 5.86. The van der Waals surface area contributed by atoms with Gasteiger partial charge in [0, 0.05) is 54.9 Å². The first kappa shape index (κ1) is 25.3. The van der Waals surface area contributed by atoms with Gasteiger partial charge >= 0.3 is 0 Å². The van der Waals surface area contributed by atoms with Crippen molar-refractivity contribution < 1.29 is 9.53 Å². The van der Waals surface area contributed by atoms with Gasteiger partial charge < -0.3 is 14.6 Å². The maximum Gasteiger partial charge on any atom is 0.221 e. The fourth-order valence-corrected chi connectivity index (χ4v) is 4.90. The van der Waals surface area contributed by atoms with Crippen LogP contribution in [-0.2, 0) is 17.9 Å². The summed E-state index contributed by atoms with van der Waals surface area (Å²) >= 11 is 0. The normalized spacial score (nSPS) is 11.8. The predicted octanol–water partition coefficient (Wildman–Crippen LogP) is 6.63. The number of nitrogens with one attached hydrogen (secondary N) is 1. The molecule has 0 aliphatic rings. The van der Waals surface area contributed by atoms with E-state index >= 15 is 0 Å². The number of carbonyl (C=O) groups excluding carboxylic acids is 1. The van der Waals surface area contributed by atoms with E-state index < -0.39 is 0 Å². The minimum Gasteiger partial charge on any atom is -0.494 e. The topological polar surface area (TPSA) is 56.1 Å². The minimum atomic E-state index is -0.104.